The number of nitrogens with one attached hydrogen (secondary N) is 1. The maximum absolute atomic E-state index is 3.64. The van der Waals surface area contributed by atoms with Crippen molar-refractivity contribution >= 4 is 0 Å². The minimum absolute atomic E-state index is 0.738. The lowest BCUT2D eigenvalue weighted by Gasteiger charge is -2.31. The van der Waals surface area contributed by atoms with Gasteiger partial charge in [-0.3, -0.25) is 0 Å². The molecule has 0 aromatic heterocycles. The molecule has 1 aliphatic heterocycles. The van der Waals surface area contributed by atoms with Crippen LogP contribution in [0.3, 0.4) is 0 Å². The van der Waals surface area contributed by atoms with E-state index >= 15 is 0 Å². The van der Waals surface area contributed by atoms with Gasteiger partial charge in [0.25, 0.3) is 0 Å². The van der Waals surface area contributed by atoms with E-state index in [1.807, 2.05) is 0 Å². The first kappa shape index (κ1) is 13.9. The molecule has 1 heterocycles. The predicted octanol–water partition coefficient (Wildman–Crippen LogP) is 1.40. The summed E-state index contributed by atoms with van der Waals surface area (Å²) in [5, 5.41) is 3.64. The van der Waals surface area contributed by atoms with Crippen LogP contribution in [0.25, 0.3) is 0 Å². The summed E-state index contributed by atoms with van der Waals surface area (Å²) in [6, 6.07) is 0.738. The summed E-state index contributed by atoms with van der Waals surface area (Å²) in [6.07, 6.45) is 5.40. The summed E-state index contributed by atoms with van der Waals surface area (Å²) >= 11 is 0. The van der Waals surface area contributed by atoms with Crippen LogP contribution in [0.4, 0.5) is 0 Å². The van der Waals surface area contributed by atoms with Crippen LogP contribution in [0.2, 0.25) is 0 Å². The maximum atomic E-state index is 3.64. The van der Waals surface area contributed by atoms with Gasteiger partial charge in [0.15, 0.2) is 0 Å². The molecule has 3 heteroatoms. The summed E-state index contributed by atoms with van der Waals surface area (Å²) in [5.74, 6) is 0. The van der Waals surface area contributed by atoms with Crippen LogP contribution in [0.15, 0.2) is 0 Å². The SMILES string of the molecule is CCCN(CCN(C)C)CC1CCCCN1. The Hall–Kier alpha value is -0.120. The molecular weight excluding hydrogens is 198 g/mol. The molecule has 1 saturated heterocycles. The largest absolute Gasteiger partial charge is 0.313 e. The molecule has 0 spiro atoms. The topological polar surface area (TPSA) is 18.5 Å². The zero-order valence-corrected chi connectivity index (χ0v) is 11.3. The first-order chi connectivity index (χ1) is 7.72. The van der Waals surface area contributed by atoms with Crippen molar-refractivity contribution < 1.29 is 0 Å². The molecule has 0 saturated carbocycles. The molecule has 1 N–H and O–H groups in total. The third kappa shape index (κ3) is 5.83. The van der Waals surface area contributed by atoms with Gasteiger partial charge in [0.05, 0.1) is 0 Å². The van der Waals surface area contributed by atoms with E-state index in [4.69, 9.17) is 0 Å². The van der Waals surface area contributed by atoms with Gasteiger partial charge in [-0.05, 0) is 46.4 Å². The summed E-state index contributed by atoms with van der Waals surface area (Å²) < 4.78 is 0. The van der Waals surface area contributed by atoms with E-state index in [0.29, 0.717) is 0 Å². The smallest absolute Gasteiger partial charge is 0.0195 e. The van der Waals surface area contributed by atoms with Crippen LogP contribution in [0.5, 0.6) is 0 Å². The lowest BCUT2D eigenvalue weighted by molar-refractivity contribution is 0.205. The van der Waals surface area contributed by atoms with E-state index in [0.717, 1.165) is 6.04 Å². The van der Waals surface area contributed by atoms with Crippen LogP contribution in [0.1, 0.15) is 32.6 Å². The molecule has 1 fully saturated rings. The van der Waals surface area contributed by atoms with Gasteiger partial charge >= 0.3 is 0 Å². The minimum Gasteiger partial charge on any atom is -0.313 e. The van der Waals surface area contributed by atoms with Gasteiger partial charge in [-0.25, -0.2) is 0 Å². The number of hydrogen-bond acceptors (Lipinski definition) is 3. The Morgan fingerprint density at radius 3 is 2.50 bits per heavy atom. The number of nitrogens with zero attached hydrogens (tertiary/aromatic N) is 2. The van der Waals surface area contributed by atoms with Crippen LogP contribution in [-0.2, 0) is 0 Å². The van der Waals surface area contributed by atoms with E-state index in [1.54, 1.807) is 0 Å². The van der Waals surface area contributed by atoms with Gasteiger partial charge in [0.1, 0.15) is 0 Å². The van der Waals surface area contributed by atoms with E-state index < -0.39 is 0 Å². The third-order valence-corrected chi connectivity index (χ3v) is 3.29. The number of piperidine rings is 1. The molecule has 0 aromatic rings. The normalized spacial score (nSPS) is 21.9. The zero-order chi connectivity index (χ0) is 11.8. The number of hydrogen-bond donors (Lipinski definition) is 1. The summed E-state index contributed by atoms with van der Waals surface area (Å²) in [7, 11) is 4.31. The van der Waals surface area contributed by atoms with E-state index in [2.05, 4.69) is 36.1 Å². The summed E-state index contributed by atoms with van der Waals surface area (Å²) in [6.45, 7) is 8.36. The second-order valence-electron chi connectivity index (χ2n) is 5.25. The van der Waals surface area contributed by atoms with E-state index in [9.17, 15) is 0 Å². The van der Waals surface area contributed by atoms with Gasteiger partial charge < -0.3 is 15.1 Å². The minimum atomic E-state index is 0.738. The molecule has 16 heavy (non-hydrogen) atoms. The van der Waals surface area contributed by atoms with Crippen LogP contribution in [0, 0.1) is 0 Å². The van der Waals surface area contributed by atoms with Gasteiger partial charge in [-0.1, -0.05) is 13.3 Å². The predicted molar refractivity (Wildman–Crippen MR) is 70.9 cm³/mol. The highest BCUT2D eigenvalue weighted by atomic mass is 15.2. The lowest BCUT2D eigenvalue weighted by atomic mass is 10.0. The van der Waals surface area contributed by atoms with Crippen LogP contribution >= 0.6 is 0 Å². The Kier molecular flexibility index (Phi) is 7.01. The Labute approximate surface area is 101 Å². The van der Waals surface area contributed by atoms with Crippen molar-refractivity contribution in [1.82, 2.24) is 15.1 Å². The standard InChI is InChI=1S/C13H29N3/c1-4-9-16(11-10-15(2)3)12-13-7-5-6-8-14-13/h13-14H,4-12H2,1-3H3. The van der Waals surface area contributed by atoms with Gasteiger partial charge in [0, 0.05) is 25.7 Å². The highest BCUT2D eigenvalue weighted by molar-refractivity contribution is 4.76. The third-order valence-electron chi connectivity index (χ3n) is 3.29. The van der Waals surface area contributed by atoms with Crippen molar-refractivity contribution in [1.29, 1.82) is 0 Å². The van der Waals surface area contributed by atoms with Crippen molar-refractivity contribution in [2.24, 2.45) is 0 Å². The Balaban J connectivity index is 2.25. The first-order valence-corrected chi connectivity index (χ1v) is 6.83. The molecule has 1 atom stereocenters. The molecule has 3 nitrogen and oxygen atoms in total. The fraction of sp³-hybridized carbons (Fsp3) is 1.00. The lowest BCUT2D eigenvalue weighted by Crippen LogP contribution is -2.45. The molecule has 0 aromatic carbocycles. The summed E-state index contributed by atoms with van der Waals surface area (Å²) in [5.41, 5.74) is 0. The van der Waals surface area contributed by atoms with Gasteiger partial charge in [-0.2, -0.15) is 0 Å². The van der Waals surface area contributed by atoms with Crippen molar-refractivity contribution in [3.63, 3.8) is 0 Å². The first-order valence-electron chi connectivity index (χ1n) is 6.83. The molecule has 0 amide bonds. The zero-order valence-electron chi connectivity index (χ0n) is 11.3. The van der Waals surface area contributed by atoms with Crippen molar-refractivity contribution in [3.05, 3.63) is 0 Å². The second-order valence-corrected chi connectivity index (χ2v) is 5.25. The highest BCUT2D eigenvalue weighted by Gasteiger charge is 2.15. The van der Waals surface area contributed by atoms with Crippen molar-refractivity contribution in [2.75, 3.05) is 46.8 Å². The average molecular weight is 227 g/mol. The second kappa shape index (κ2) is 8.04. The molecule has 0 aliphatic carbocycles. The Bertz CT molecular complexity index is 165. The van der Waals surface area contributed by atoms with Crippen LogP contribution in [-0.4, -0.2) is 62.7 Å². The quantitative estimate of drug-likeness (QED) is 0.709. The molecule has 1 rings (SSSR count). The van der Waals surface area contributed by atoms with E-state index in [-0.39, 0.29) is 0 Å². The van der Waals surface area contributed by atoms with Crippen molar-refractivity contribution in [2.45, 2.75) is 38.6 Å². The molecule has 96 valence electrons. The van der Waals surface area contributed by atoms with Crippen molar-refractivity contribution in [3.8, 4) is 0 Å². The maximum Gasteiger partial charge on any atom is 0.0195 e. The summed E-state index contributed by atoms with van der Waals surface area (Å²) in [4.78, 5) is 4.89. The van der Waals surface area contributed by atoms with E-state index in [1.165, 1.54) is 58.4 Å². The highest BCUT2D eigenvalue weighted by Crippen LogP contribution is 2.08. The molecule has 0 bridgehead atoms. The molecule has 0 radical (unpaired) electrons. The Morgan fingerprint density at radius 2 is 1.94 bits per heavy atom. The fourth-order valence-corrected chi connectivity index (χ4v) is 2.34. The van der Waals surface area contributed by atoms with Gasteiger partial charge in [0.2, 0.25) is 0 Å². The monoisotopic (exact) mass is 227 g/mol. The number of rotatable bonds is 7. The van der Waals surface area contributed by atoms with Gasteiger partial charge in [-0.15, -0.1) is 0 Å². The number of likely N-dealkylation sites (N-methyl/N-ethyl adjacent to an activating group) is 1. The van der Waals surface area contributed by atoms with Crippen LogP contribution < -0.4 is 5.32 Å². The molecular formula is C13H29N3. The molecule has 1 aliphatic rings. The average Bonchev–Trinajstić information content (AvgIpc) is 2.27. The Morgan fingerprint density at radius 1 is 1.12 bits per heavy atom. The fourth-order valence-electron chi connectivity index (χ4n) is 2.34. The molecule has 1 unspecified atom stereocenters.